The van der Waals surface area contributed by atoms with Crippen molar-refractivity contribution in [3.63, 3.8) is 0 Å². The van der Waals surface area contributed by atoms with E-state index in [1.165, 1.54) is 0 Å². The zero-order chi connectivity index (χ0) is 20.5. The van der Waals surface area contributed by atoms with Gasteiger partial charge in [-0.3, -0.25) is 4.79 Å². The molecule has 3 aromatic rings. The monoisotopic (exact) mass is 388 g/mol. The molecule has 0 atom stereocenters. The molecule has 0 bridgehead atoms. The molecule has 0 aliphatic rings. The van der Waals surface area contributed by atoms with Gasteiger partial charge in [0.2, 0.25) is 0 Å². The molecule has 0 saturated heterocycles. The third kappa shape index (κ3) is 5.45. The smallest absolute Gasteiger partial charge is 0.271 e. The Morgan fingerprint density at radius 3 is 2.28 bits per heavy atom. The number of benzene rings is 3. The van der Waals surface area contributed by atoms with E-state index in [2.05, 4.69) is 10.5 Å². The summed E-state index contributed by atoms with van der Waals surface area (Å²) in [6.45, 7) is 4.95. The van der Waals surface area contributed by atoms with Gasteiger partial charge in [0.1, 0.15) is 11.5 Å². The SMILES string of the molecule is CCOc1ccc(/C=N/NC(=O)c2ccc(-c3ccccc3)cc2)c(OCC)c1. The summed E-state index contributed by atoms with van der Waals surface area (Å²) in [7, 11) is 0. The molecule has 0 spiro atoms. The molecule has 0 aliphatic carbocycles. The number of nitrogens with zero attached hydrogens (tertiary/aromatic N) is 1. The van der Waals surface area contributed by atoms with Crippen molar-refractivity contribution in [2.24, 2.45) is 5.10 Å². The number of hydrazone groups is 1. The summed E-state index contributed by atoms with van der Waals surface area (Å²) in [6.07, 6.45) is 1.57. The summed E-state index contributed by atoms with van der Waals surface area (Å²) < 4.78 is 11.1. The standard InChI is InChI=1S/C24H24N2O3/c1-3-28-22-15-14-21(23(16-22)29-4-2)17-25-26-24(27)20-12-10-19(11-13-20)18-8-6-5-7-9-18/h5-17H,3-4H2,1-2H3,(H,26,27)/b25-17+. The first-order chi connectivity index (χ1) is 14.2. The maximum atomic E-state index is 12.4. The number of amides is 1. The van der Waals surface area contributed by atoms with Crippen LogP contribution >= 0.6 is 0 Å². The van der Waals surface area contributed by atoms with Crippen molar-refractivity contribution in [3.8, 4) is 22.6 Å². The number of hydrogen-bond acceptors (Lipinski definition) is 4. The molecule has 1 amide bonds. The third-order valence-corrected chi connectivity index (χ3v) is 4.22. The number of carbonyl (C=O) groups is 1. The van der Waals surface area contributed by atoms with Gasteiger partial charge in [-0.1, -0.05) is 42.5 Å². The quantitative estimate of drug-likeness (QED) is 0.440. The Balaban J connectivity index is 1.66. The van der Waals surface area contributed by atoms with E-state index in [0.29, 0.717) is 24.5 Å². The lowest BCUT2D eigenvalue weighted by Crippen LogP contribution is -2.17. The lowest BCUT2D eigenvalue weighted by atomic mass is 10.0. The van der Waals surface area contributed by atoms with Gasteiger partial charge in [0.25, 0.3) is 5.91 Å². The van der Waals surface area contributed by atoms with Gasteiger partial charge < -0.3 is 9.47 Å². The van der Waals surface area contributed by atoms with E-state index in [0.717, 1.165) is 22.4 Å². The van der Waals surface area contributed by atoms with Gasteiger partial charge in [-0.25, -0.2) is 5.43 Å². The predicted molar refractivity (Wildman–Crippen MR) is 116 cm³/mol. The molecule has 148 valence electrons. The minimum atomic E-state index is -0.273. The molecule has 3 rings (SSSR count). The topological polar surface area (TPSA) is 59.9 Å². The zero-order valence-corrected chi connectivity index (χ0v) is 16.6. The number of rotatable bonds is 8. The van der Waals surface area contributed by atoms with Crippen molar-refractivity contribution in [2.75, 3.05) is 13.2 Å². The van der Waals surface area contributed by atoms with Crippen molar-refractivity contribution in [1.29, 1.82) is 0 Å². The van der Waals surface area contributed by atoms with Gasteiger partial charge in [0.15, 0.2) is 0 Å². The molecule has 0 aromatic heterocycles. The summed E-state index contributed by atoms with van der Waals surface area (Å²) in [4.78, 5) is 12.4. The van der Waals surface area contributed by atoms with E-state index >= 15 is 0 Å². The van der Waals surface area contributed by atoms with Gasteiger partial charge in [-0.2, -0.15) is 5.10 Å². The average Bonchev–Trinajstić information content (AvgIpc) is 2.76. The predicted octanol–water partition coefficient (Wildman–Crippen LogP) is 4.91. The molecule has 0 heterocycles. The van der Waals surface area contributed by atoms with E-state index in [-0.39, 0.29) is 5.91 Å². The molecule has 5 heteroatoms. The summed E-state index contributed by atoms with van der Waals surface area (Å²) in [6, 6.07) is 23.0. The van der Waals surface area contributed by atoms with Crippen molar-refractivity contribution in [1.82, 2.24) is 5.43 Å². The van der Waals surface area contributed by atoms with Crippen LogP contribution in [0.25, 0.3) is 11.1 Å². The van der Waals surface area contributed by atoms with Gasteiger partial charge in [0, 0.05) is 17.2 Å². The Bertz CT molecular complexity index is 967. The lowest BCUT2D eigenvalue weighted by Gasteiger charge is -2.10. The molecule has 0 unspecified atom stereocenters. The van der Waals surface area contributed by atoms with Crippen molar-refractivity contribution in [3.05, 3.63) is 83.9 Å². The molecule has 0 fully saturated rings. The molecule has 0 radical (unpaired) electrons. The second kappa shape index (κ2) is 10.1. The van der Waals surface area contributed by atoms with Gasteiger partial charge in [0.05, 0.1) is 19.4 Å². The van der Waals surface area contributed by atoms with Crippen LogP contribution in [0.5, 0.6) is 11.5 Å². The van der Waals surface area contributed by atoms with Gasteiger partial charge in [-0.05, 0) is 49.2 Å². The highest BCUT2D eigenvalue weighted by atomic mass is 16.5. The molecule has 3 aromatic carbocycles. The average molecular weight is 388 g/mol. The van der Waals surface area contributed by atoms with Crippen molar-refractivity contribution >= 4 is 12.1 Å². The van der Waals surface area contributed by atoms with E-state index in [9.17, 15) is 4.79 Å². The Kier molecular flexibility index (Phi) is 7.00. The van der Waals surface area contributed by atoms with Gasteiger partial charge >= 0.3 is 0 Å². The summed E-state index contributed by atoms with van der Waals surface area (Å²) >= 11 is 0. The minimum absolute atomic E-state index is 0.273. The molecular weight excluding hydrogens is 364 g/mol. The molecule has 29 heavy (non-hydrogen) atoms. The number of ether oxygens (including phenoxy) is 2. The maximum Gasteiger partial charge on any atom is 0.271 e. The highest BCUT2D eigenvalue weighted by Gasteiger charge is 2.07. The number of hydrogen-bond donors (Lipinski definition) is 1. The van der Waals surface area contributed by atoms with E-state index in [1.807, 2.05) is 74.5 Å². The first-order valence-corrected chi connectivity index (χ1v) is 9.59. The first kappa shape index (κ1) is 20.1. The van der Waals surface area contributed by atoms with Crippen LogP contribution in [0.15, 0.2) is 77.9 Å². The summed E-state index contributed by atoms with van der Waals surface area (Å²) in [5, 5.41) is 4.07. The molecular formula is C24H24N2O3. The van der Waals surface area contributed by atoms with Crippen LogP contribution in [-0.4, -0.2) is 25.3 Å². The zero-order valence-electron chi connectivity index (χ0n) is 16.6. The Labute approximate surface area is 171 Å². The molecule has 0 saturated carbocycles. The normalized spacial score (nSPS) is 10.7. The largest absolute Gasteiger partial charge is 0.494 e. The van der Waals surface area contributed by atoms with E-state index in [1.54, 1.807) is 18.3 Å². The number of nitrogens with one attached hydrogen (secondary N) is 1. The second-order valence-corrected chi connectivity index (χ2v) is 6.21. The van der Waals surface area contributed by atoms with Crippen LogP contribution < -0.4 is 14.9 Å². The highest BCUT2D eigenvalue weighted by Crippen LogP contribution is 2.24. The van der Waals surface area contributed by atoms with Crippen molar-refractivity contribution in [2.45, 2.75) is 13.8 Å². The maximum absolute atomic E-state index is 12.4. The van der Waals surface area contributed by atoms with E-state index in [4.69, 9.17) is 9.47 Å². The van der Waals surface area contributed by atoms with Gasteiger partial charge in [-0.15, -0.1) is 0 Å². The van der Waals surface area contributed by atoms with Crippen LogP contribution in [0.3, 0.4) is 0 Å². The first-order valence-electron chi connectivity index (χ1n) is 9.59. The Morgan fingerprint density at radius 1 is 0.897 bits per heavy atom. The summed E-state index contributed by atoms with van der Waals surface area (Å²) in [5.74, 6) is 1.11. The van der Waals surface area contributed by atoms with Crippen LogP contribution in [0.4, 0.5) is 0 Å². The number of carbonyl (C=O) groups excluding carboxylic acids is 1. The highest BCUT2D eigenvalue weighted by molar-refractivity contribution is 5.95. The van der Waals surface area contributed by atoms with Crippen LogP contribution in [0, 0.1) is 0 Å². The fourth-order valence-electron chi connectivity index (χ4n) is 2.83. The fourth-order valence-corrected chi connectivity index (χ4v) is 2.83. The lowest BCUT2D eigenvalue weighted by molar-refractivity contribution is 0.0955. The third-order valence-electron chi connectivity index (χ3n) is 4.22. The van der Waals surface area contributed by atoms with E-state index < -0.39 is 0 Å². The summed E-state index contributed by atoms with van der Waals surface area (Å²) in [5.41, 5.74) is 6.02. The molecule has 0 aliphatic heterocycles. The Morgan fingerprint density at radius 2 is 1.59 bits per heavy atom. The van der Waals surface area contributed by atoms with Crippen LogP contribution in [-0.2, 0) is 0 Å². The fraction of sp³-hybridized carbons (Fsp3) is 0.167. The minimum Gasteiger partial charge on any atom is -0.494 e. The molecule has 5 nitrogen and oxygen atoms in total. The Hall–Kier alpha value is -3.60. The molecule has 1 N–H and O–H groups in total. The van der Waals surface area contributed by atoms with Crippen molar-refractivity contribution < 1.29 is 14.3 Å². The van der Waals surface area contributed by atoms with Crippen LogP contribution in [0.1, 0.15) is 29.8 Å². The van der Waals surface area contributed by atoms with Crippen LogP contribution in [0.2, 0.25) is 0 Å². The second-order valence-electron chi connectivity index (χ2n) is 6.21.